The first-order valence-electron chi connectivity index (χ1n) is 7.51. The molecule has 0 aromatic heterocycles. The van der Waals surface area contributed by atoms with Gasteiger partial charge in [-0.1, -0.05) is 39.0 Å². The fourth-order valence-corrected chi connectivity index (χ4v) is 2.84. The number of hydrogen-bond donors (Lipinski definition) is 2. The Kier molecular flexibility index (Phi) is 7.87. The molecule has 102 valence electrons. The summed E-state index contributed by atoms with van der Waals surface area (Å²) in [4.78, 5) is 0. The fourth-order valence-electron chi connectivity index (χ4n) is 2.84. The zero-order valence-corrected chi connectivity index (χ0v) is 11.4. The van der Waals surface area contributed by atoms with Gasteiger partial charge in [0, 0.05) is 6.61 Å². The van der Waals surface area contributed by atoms with Crippen molar-refractivity contribution < 1.29 is 10.2 Å². The molecule has 0 amide bonds. The van der Waals surface area contributed by atoms with Crippen LogP contribution in [0.5, 0.6) is 0 Å². The van der Waals surface area contributed by atoms with E-state index in [1.54, 1.807) is 0 Å². The van der Waals surface area contributed by atoms with Crippen LogP contribution in [0.15, 0.2) is 0 Å². The lowest BCUT2D eigenvalue weighted by Crippen LogP contribution is -2.09. The molecule has 2 aliphatic carbocycles. The van der Waals surface area contributed by atoms with Crippen molar-refractivity contribution >= 4 is 0 Å². The fraction of sp³-hybridized carbons (Fsp3) is 1.00. The smallest absolute Gasteiger partial charge is 0.0540 e. The Bertz CT molecular complexity index is 166. The molecule has 2 N–H and O–H groups in total. The summed E-state index contributed by atoms with van der Waals surface area (Å²) in [6.45, 7) is 2.69. The van der Waals surface area contributed by atoms with Crippen molar-refractivity contribution in [3.63, 3.8) is 0 Å². The maximum atomic E-state index is 9.21. The van der Waals surface area contributed by atoms with E-state index in [1.165, 1.54) is 51.4 Å². The highest BCUT2D eigenvalue weighted by Crippen LogP contribution is 2.22. The van der Waals surface area contributed by atoms with Gasteiger partial charge < -0.3 is 10.2 Å². The maximum absolute atomic E-state index is 9.21. The Labute approximate surface area is 106 Å². The van der Waals surface area contributed by atoms with Crippen LogP contribution in [0.3, 0.4) is 0 Å². The maximum Gasteiger partial charge on any atom is 0.0540 e. The molecule has 0 spiro atoms. The number of rotatable bonds is 1. The summed E-state index contributed by atoms with van der Waals surface area (Å²) in [5.41, 5.74) is 0. The van der Waals surface area contributed by atoms with Gasteiger partial charge in [-0.3, -0.25) is 0 Å². The summed E-state index contributed by atoms with van der Waals surface area (Å²) in [5, 5.41) is 17.9. The number of hydrogen-bond acceptors (Lipinski definition) is 2. The van der Waals surface area contributed by atoms with Crippen LogP contribution in [0.2, 0.25) is 0 Å². The van der Waals surface area contributed by atoms with Crippen LogP contribution in [-0.2, 0) is 0 Å². The highest BCUT2D eigenvalue weighted by atomic mass is 16.3. The van der Waals surface area contributed by atoms with Crippen molar-refractivity contribution in [1.82, 2.24) is 0 Å². The predicted octanol–water partition coefficient (Wildman–Crippen LogP) is 3.51. The van der Waals surface area contributed by atoms with Gasteiger partial charge >= 0.3 is 0 Å². The molecule has 2 heteroatoms. The molecule has 0 heterocycles. The van der Waals surface area contributed by atoms with E-state index in [9.17, 15) is 5.11 Å². The van der Waals surface area contributed by atoms with Gasteiger partial charge in [0.1, 0.15) is 0 Å². The third-order valence-electron chi connectivity index (χ3n) is 4.21. The standard InChI is InChI=1S/C8H16O.C7H14O/c1-7-3-2-4-8(9)6-5-7;8-6-7-4-2-1-3-5-7/h7-9H,2-6H2,1H3;7-8H,1-6H2. The zero-order chi connectivity index (χ0) is 12.5. The van der Waals surface area contributed by atoms with E-state index in [0.29, 0.717) is 12.5 Å². The molecule has 0 radical (unpaired) electrons. The molecular formula is C15H30O2. The van der Waals surface area contributed by atoms with E-state index < -0.39 is 0 Å². The molecule has 0 aromatic carbocycles. The Morgan fingerprint density at radius 2 is 1.53 bits per heavy atom. The molecule has 2 saturated carbocycles. The molecule has 2 aliphatic rings. The van der Waals surface area contributed by atoms with Crippen LogP contribution < -0.4 is 0 Å². The van der Waals surface area contributed by atoms with Crippen molar-refractivity contribution in [2.24, 2.45) is 11.8 Å². The third kappa shape index (κ3) is 7.05. The quantitative estimate of drug-likeness (QED) is 0.691. The highest BCUT2D eigenvalue weighted by Gasteiger charge is 2.12. The summed E-state index contributed by atoms with van der Waals surface area (Å²) >= 11 is 0. The second kappa shape index (κ2) is 8.93. The number of aliphatic hydroxyl groups is 2. The first-order chi connectivity index (χ1) is 8.22. The second-order valence-corrected chi connectivity index (χ2v) is 5.95. The molecule has 0 aromatic rings. The van der Waals surface area contributed by atoms with E-state index in [4.69, 9.17) is 5.11 Å². The van der Waals surface area contributed by atoms with E-state index in [-0.39, 0.29) is 6.10 Å². The summed E-state index contributed by atoms with van der Waals surface area (Å²) < 4.78 is 0. The lowest BCUT2D eigenvalue weighted by atomic mass is 9.90. The van der Waals surface area contributed by atoms with Crippen LogP contribution >= 0.6 is 0 Å². The van der Waals surface area contributed by atoms with Gasteiger partial charge in [0.15, 0.2) is 0 Å². The van der Waals surface area contributed by atoms with Crippen molar-refractivity contribution in [3.05, 3.63) is 0 Å². The SMILES string of the molecule is CC1CCCC(O)CC1.OCC1CCCCC1. The monoisotopic (exact) mass is 242 g/mol. The summed E-state index contributed by atoms with van der Waals surface area (Å²) in [5.74, 6) is 1.49. The van der Waals surface area contributed by atoms with Gasteiger partial charge in [-0.05, 0) is 43.9 Å². The van der Waals surface area contributed by atoms with Gasteiger partial charge in [0.2, 0.25) is 0 Å². The normalized spacial score (nSPS) is 31.2. The van der Waals surface area contributed by atoms with Gasteiger partial charge in [0.05, 0.1) is 6.10 Å². The Morgan fingerprint density at radius 1 is 0.824 bits per heavy atom. The van der Waals surface area contributed by atoms with Crippen LogP contribution in [0, 0.1) is 11.8 Å². The first-order valence-corrected chi connectivity index (χ1v) is 7.51. The summed E-state index contributed by atoms with van der Waals surface area (Å²) in [7, 11) is 0. The average Bonchev–Trinajstić information content (AvgIpc) is 2.56. The van der Waals surface area contributed by atoms with Gasteiger partial charge in [-0.2, -0.15) is 0 Å². The molecule has 2 unspecified atom stereocenters. The van der Waals surface area contributed by atoms with E-state index >= 15 is 0 Å². The molecule has 2 nitrogen and oxygen atoms in total. The minimum Gasteiger partial charge on any atom is -0.396 e. The van der Waals surface area contributed by atoms with E-state index in [0.717, 1.165) is 18.8 Å². The molecule has 2 rings (SSSR count). The Hall–Kier alpha value is -0.0800. The third-order valence-corrected chi connectivity index (χ3v) is 4.21. The molecule has 0 aliphatic heterocycles. The lowest BCUT2D eigenvalue weighted by Gasteiger charge is -2.18. The molecule has 17 heavy (non-hydrogen) atoms. The minimum atomic E-state index is 0.00921. The minimum absolute atomic E-state index is 0.00921. The van der Waals surface area contributed by atoms with Gasteiger partial charge in [-0.15, -0.1) is 0 Å². The van der Waals surface area contributed by atoms with E-state index in [2.05, 4.69) is 6.92 Å². The second-order valence-electron chi connectivity index (χ2n) is 5.95. The molecule has 2 atom stereocenters. The van der Waals surface area contributed by atoms with Crippen LogP contribution in [-0.4, -0.2) is 22.9 Å². The molecule has 0 bridgehead atoms. The number of aliphatic hydroxyl groups excluding tert-OH is 2. The molecule has 0 saturated heterocycles. The Balaban J connectivity index is 0.000000171. The molecule has 2 fully saturated rings. The predicted molar refractivity (Wildman–Crippen MR) is 71.9 cm³/mol. The van der Waals surface area contributed by atoms with Crippen molar-refractivity contribution in [1.29, 1.82) is 0 Å². The Morgan fingerprint density at radius 3 is 2.12 bits per heavy atom. The zero-order valence-electron chi connectivity index (χ0n) is 11.4. The van der Waals surface area contributed by atoms with Crippen molar-refractivity contribution in [2.75, 3.05) is 6.61 Å². The van der Waals surface area contributed by atoms with Crippen molar-refractivity contribution in [2.45, 2.75) is 77.2 Å². The average molecular weight is 242 g/mol. The van der Waals surface area contributed by atoms with Crippen LogP contribution in [0.4, 0.5) is 0 Å². The highest BCUT2D eigenvalue weighted by molar-refractivity contribution is 4.65. The largest absolute Gasteiger partial charge is 0.396 e. The molecular weight excluding hydrogens is 212 g/mol. The van der Waals surface area contributed by atoms with Crippen LogP contribution in [0.1, 0.15) is 71.1 Å². The summed E-state index contributed by atoms with van der Waals surface area (Å²) in [6, 6.07) is 0. The van der Waals surface area contributed by atoms with Crippen molar-refractivity contribution in [3.8, 4) is 0 Å². The first kappa shape index (κ1) is 15.0. The topological polar surface area (TPSA) is 40.5 Å². The van der Waals surface area contributed by atoms with Gasteiger partial charge in [-0.25, -0.2) is 0 Å². The van der Waals surface area contributed by atoms with Crippen LogP contribution in [0.25, 0.3) is 0 Å². The van der Waals surface area contributed by atoms with Gasteiger partial charge in [0.25, 0.3) is 0 Å². The lowest BCUT2D eigenvalue weighted by molar-refractivity contribution is 0.156. The summed E-state index contributed by atoms with van der Waals surface area (Å²) in [6.07, 6.45) is 12.4. The van der Waals surface area contributed by atoms with E-state index in [1.807, 2.05) is 0 Å².